The third-order valence-electron chi connectivity index (χ3n) is 1.81. The van der Waals surface area contributed by atoms with Crippen molar-refractivity contribution in [3.05, 3.63) is 23.9 Å². The monoisotopic (exact) mass is 248 g/mol. The van der Waals surface area contributed by atoms with E-state index in [4.69, 9.17) is 11.6 Å². The molecule has 0 unspecified atom stereocenters. The minimum atomic E-state index is -3.32. The molecule has 0 saturated carbocycles. The summed E-state index contributed by atoms with van der Waals surface area (Å²) in [7, 11) is -3.32. The summed E-state index contributed by atoms with van der Waals surface area (Å²) >= 11 is 5.43. The predicted octanol–water partition coefficient (Wildman–Crippen LogP) is 1.76. The van der Waals surface area contributed by atoms with Crippen LogP contribution in [0.2, 0.25) is 0 Å². The van der Waals surface area contributed by atoms with E-state index < -0.39 is 10.0 Å². The van der Waals surface area contributed by atoms with Gasteiger partial charge in [-0.05, 0) is 25.0 Å². The maximum absolute atomic E-state index is 11.5. The second-order valence-corrected chi connectivity index (χ2v) is 5.35. The Bertz CT molecular complexity index is 420. The van der Waals surface area contributed by atoms with Crippen molar-refractivity contribution < 1.29 is 8.42 Å². The van der Waals surface area contributed by atoms with Crippen LogP contribution >= 0.6 is 11.6 Å². The van der Waals surface area contributed by atoms with Gasteiger partial charge in [-0.2, -0.15) is 0 Å². The van der Waals surface area contributed by atoms with Crippen LogP contribution in [0.15, 0.2) is 18.3 Å². The molecular weight excluding hydrogens is 236 g/mol. The van der Waals surface area contributed by atoms with Gasteiger partial charge in [0.1, 0.15) is 5.82 Å². The van der Waals surface area contributed by atoms with Crippen molar-refractivity contribution in [3.8, 4) is 0 Å². The Balaban J connectivity index is 2.74. The van der Waals surface area contributed by atoms with Crippen molar-refractivity contribution >= 4 is 27.4 Å². The summed E-state index contributed by atoms with van der Waals surface area (Å²) in [6, 6.07) is 3.55. The maximum Gasteiger partial charge on any atom is 0.233 e. The van der Waals surface area contributed by atoms with Crippen molar-refractivity contribution in [2.24, 2.45) is 0 Å². The zero-order valence-electron chi connectivity index (χ0n) is 8.40. The summed E-state index contributed by atoms with van der Waals surface area (Å²) in [4.78, 5) is 3.95. The molecule has 0 aliphatic rings. The number of sulfonamides is 1. The van der Waals surface area contributed by atoms with Gasteiger partial charge in [0.2, 0.25) is 10.0 Å². The fourth-order valence-electron chi connectivity index (χ4n) is 1.04. The Morgan fingerprint density at radius 1 is 1.53 bits per heavy atom. The molecule has 84 valence electrons. The highest BCUT2D eigenvalue weighted by Gasteiger charge is 2.11. The first-order valence-corrected chi connectivity index (χ1v) is 6.72. The van der Waals surface area contributed by atoms with Crippen molar-refractivity contribution in [2.75, 3.05) is 16.4 Å². The molecule has 0 saturated heterocycles. The number of hydrogen-bond acceptors (Lipinski definition) is 3. The fourth-order valence-corrected chi connectivity index (χ4v) is 2.46. The number of nitrogens with zero attached hydrogens (tertiary/aromatic N) is 1. The molecule has 4 nitrogen and oxygen atoms in total. The average Bonchev–Trinajstić information content (AvgIpc) is 2.18. The number of anilines is 1. The maximum atomic E-state index is 11.5. The Morgan fingerprint density at radius 2 is 2.27 bits per heavy atom. The summed E-state index contributed by atoms with van der Waals surface area (Å²) < 4.78 is 25.4. The van der Waals surface area contributed by atoms with E-state index in [0.29, 0.717) is 18.1 Å². The van der Waals surface area contributed by atoms with Crippen molar-refractivity contribution in [1.82, 2.24) is 4.98 Å². The smallest absolute Gasteiger partial charge is 0.233 e. The first-order valence-electron chi connectivity index (χ1n) is 4.53. The predicted molar refractivity (Wildman–Crippen MR) is 61.7 cm³/mol. The van der Waals surface area contributed by atoms with Gasteiger partial charge in [-0.25, -0.2) is 13.4 Å². The highest BCUT2D eigenvalue weighted by molar-refractivity contribution is 7.92. The first-order chi connectivity index (χ1) is 7.05. The highest BCUT2D eigenvalue weighted by Crippen LogP contribution is 2.11. The van der Waals surface area contributed by atoms with E-state index in [-0.39, 0.29) is 5.75 Å². The van der Waals surface area contributed by atoms with Crippen LogP contribution in [0.1, 0.15) is 12.0 Å². The third kappa shape index (κ3) is 4.05. The van der Waals surface area contributed by atoms with E-state index in [1.165, 1.54) is 0 Å². The van der Waals surface area contributed by atoms with E-state index >= 15 is 0 Å². The van der Waals surface area contributed by atoms with Crippen LogP contribution in [0.3, 0.4) is 0 Å². The van der Waals surface area contributed by atoms with Crippen LogP contribution < -0.4 is 4.72 Å². The topological polar surface area (TPSA) is 59.1 Å². The van der Waals surface area contributed by atoms with Crippen LogP contribution in [-0.2, 0) is 10.0 Å². The number of aryl methyl sites for hydroxylation is 1. The lowest BCUT2D eigenvalue weighted by Gasteiger charge is -2.08. The van der Waals surface area contributed by atoms with Crippen LogP contribution in [0.4, 0.5) is 5.82 Å². The van der Waals surface area contributed by atoms with Crippen molar-refractivity contribution in [2.45, 2.75) is 13.3 Å². The minimum absolute atomic E-state index is 0.0204. The van der Waals surface area contributed by atoms with Crippen molar-refractivity contribution in [3.63, 3.8) is 0 Å². The summed E-state index contributed by atoms with van der Waals surface area (Å²) in [5, 5.41) is 0. The number of halogens is 1. The highest BCUT2D eigenvalue weighted by atomic mass is 35.5. The number of alkyl halides is 1. The lowest BCUT2D eigenvalue weighted by Crippen LogP contribution is -2.18. The molecule has 1 aromatic rings. The molecule has 1 heterocycles. The normalized spacial score (nSPS) is 11.3. The molecular formula is C9H13ClN2O2S. The van der Waals surface area contributed by atoms with E-state index in [2.05, 4.69) is 9.71 Å². The quantitative estimate of drug-likeness (QED) is 0.808. The Morgan fingerprint density at radius 3 is 2.87 bits per heavy atom. The average molecular weight is 249 g/mol. The van der Waals surface area contributed by atoms with E-state index in [9.17, 15) is 8.42 Å². The van der Waals surface area contributed by atoms with Crippen LogP contribution in [0, 0.1) is 6.92 Å². The number of rotatable bonds is 5. The molecule has 0 fully saturated rings. The van der Waals surface area contributed by atoms with Gasteiger partial charge < -0.3 is 0 Å². The van der Waals surface area contributed by atoms with Gasteiger partial charge in [-0.15, -0.1) is 11.6 Å². The second-order valence-electron chi connectivity index (χ2n) is 3.13. The van der Waals surface area contributed by atoms with Crippen LogP contribution in [0.5, 0.6) is 0 Å². The Kier molecular flexibility index (Phi) is 4.35. The second kappa shape index (κ2) is 5.32. The molecule has 0 bridgehead atoms. The molecule has 0 aromatic carbocycles. The zero-order valence-corrected chi connectivity index (χ0v) is 9.98. The SMILES string of the molecule is Cc1cccnc1NS(=O)(=O)CCCCl. The fraction of sp³-hybridized carbons (Fsp3) is 0.444. The number of hydrogen-bond donors (Lipinski definition) is 1. The summed E-state index contributed by atoms with van der Waals surface area (Å²) in [6.07, 6.45) is 1.98. The number of pyridine rings is 1. The summed E-state index contributed by atoms with van der Waals surface area (Å²) in [5.41, 5.74) is 0.798. The molecule has 6 heteroatoms. The van der Waals surface area contributed by atoms with Gasteiger partial charge in [-0.1, -0.05) is 6.07 Å². The molecule has 15 heavy (non-hydrogen) atoms. The van der Waals surface area contributed by atoms with E-state index in [1.807, 2.05) is 0 Å². The largest absolute Gasteiger partial charge is 0.267 e. The van der Waals surface area contributed by atoms with Gasteiger partial charge in [0.05, 0.1) is 5.75 Å². The molecule has 0 spiro atoms. The molecule has 0 amide bonds. The molecule has 1 N–H and O–H groups in total. The Hall–Kier alpha value is -0.810. The molecule has 0 radical (unpaired) electrons. The van der Waals surface area contributed by atoms with Gasteiger partial charge in [0.15, 0.2) is 0 Å². The van der Waals surface area contributed by atoms with Gasteiger partial charge in [0.25, 0.3) is 0 Å². The van der Waals surface area contributed by atoms with Gasteiger partial charge in [0, 0.05) is 12.1 Å². The minimum Gasteiger partial charge on any atom is -0.267 e. The summed E-state index contributed by atoms with van der Waals surface area (Å²) in [5.74, 6) is 0.737. The standard InChI is InChI=1S/C9H13ClN2O2S/c1-8-4-2-6-11-9(8)12-15(13,14)7-3-5-10/h2,4,6H,3,5,7H2,1H3,(H,11,12). The molecule has 1 aromatic heterocycles. The van der Waals surface area contributed by atoms with E-state index in [0.717, 1.165) is 5.56 Å². The zero-order chi connectivity index (χ0) is 11.3. The molecule has 1 rings (SSSR count). The number of aromatic nitrogens is 1. The molecule has 0 aliphatic carbocycles. The molecule has 0 atom stereocenters. The number of nitrogens with one attached hydrogen (secondary N) is 1. The Labute approximate surface area is 94.7 Å². The van der Waals surface area contributed by atoms with Crippen LogP contribution in [0.25, 0.3) is 0 Å². The van der Waals surface area contributed by atoms with E-state index in [1.54, 1.807) is 25.3 Å². The lowest BCUT2D eigenvalue weighted by atomic mass is 10.3. The third-order valence-corrected chi connectivity index (χ3v) is 3.41. The van der Waals surface area contributed by atoms with Gasteiger partial charge >= 0.3 is 0 Å². The van der Waals surface area contributed by atoms with Gasteiger partial charge in [-0.3, -0.25) is 4.72 Å². The lowest BCUT2D eigenvalue weighted by molar-refractivity contribution is 0.599. The first kappa shape index (κ1) is 12.3. The molecule has 0 aliphatic heterocycles. The summed E-state index contributed by atoms with van der Waals surface area (Å²) in [6.45, 7) is 1.80. The van der Waals surface area contributed by atoms with Crippen LogP contribution in [-0.4, -0.2) is 25.0 Å². The van der Waals surface area contributed by atoms with Crippen molar-refractivity contribution in [1.29, 1.82) is 0 Å².